The number of fused-ring (bicyclic) bond motifs is 2. The fraction of sp³-hybridized carbons (Fsp3) is 0.364. The average molecular weight is 404 g/mol. The quantitative estimate of drug-likeness (QED) is 0.669. The standard InChI is InChI=1S/C22H24N6O2/c1-2-27-20(7-9-23-27)22(30)26-11-12-28-18(15-26)13-19(24-28)21(29)25-10-8-16-5-3-4-6-17(16)14-25/h3-7,9,13H,2,8,10-12,14-15H2,1H3. The molecule has 0 saturated carbocycles. The molecule has 8 nitrogen and oxygen atoms in total. The molecule has 8 heteroatoms. The summed E-state index contributed by atoms with van der Waals surface area (Å²) < 4.78 is 3.56. The zero-order valence-corrected chi connectivity index (χ0v) is 17.0. The number of amides is 2. The van der Waals surface area contributed by atoms with Gasteiger partial charge in [0.1, 0.15) is 5.69 Å². The van der Waals surface area contributed by atoms with Crippen molar-refractivity contribution in [1.82, 2.24) is 29.4 Å². The van der Waals surface area contributed by atoms with Crippen molar-refractivity contribution in [2.24, 2.45) is 0 Å². The maximum absolute atomic E-state index is 13.1. The number of rotatable bonds is 3. The molecule has 0 bridgehead atoms. The second-order valence-corrected chi connectivity index (χ2v) is 7.75. The molecule has 0 N–H and O–H groups in total. The van der Waals surface area contributed by atoms with E-state index in [1.165, 1.54) is 11.1 Å². The maximum atomic E-state index is 13.1. The lowest BCUT2D eigenvalue weighted by Gasteiger charge is -2.28. The number of hydrogen-bond donors (Lipinski definition) is 0. The predicted molar refractivity (Wildman–Crippen MR) is 110 cm³/mol. The van der Waals surface area contributed by atoms with Crippen LogP contribution in [-0.4, -0.2) is 54.3 Å². The molecule has 2 aliphatic rings. The van der Waals surface area contributed by atoms with E-state index in [-0.39, 0.29) is 11.8 Å². The van der Waals surface area contributed by atoms with E-state index >= 15 is 0 Å². The summed E-state index contributed by atoms with van der Waals surface area (Å²) in [7, 11) is 0. The van der Waals surface area contributed by atoms with Gasteiger partial charge in [0.15, 0.2) is 5.69 Å². The molecule has 4 heterocycles. The Hall–Kier alpha value is -3.42. The molecule has 0 spiro atoms. The van der Waals surface area contributed by atoms with Gasteiger partial charge in [0.25, 0.3) is 11.8 Å². The van der Waals surface area contributed by atoms with E-state index in [2.05, 4.69) is 22.3 Å². The molecule has 30 heavy (non-hydrogen) atoms. The largest absolute Gasteiger partial charge is 0.333 e. The molecule has 0 saturated heterocycles. The number of benzene rings is 1. The molecule has 0 fully saturated rings. The molecule has 2 amide bonds. The summed E-state index contributed by atoms with van der Waals surface area (Å²) in [5.74, 6) is -0.0874. The number of carbonyl (C=O) groups is 2. The van der Waals surface area contributed by atoms with Gasteiger partial charge in [-0.1, -0.05) is 24.3 Å². The first-order chi connectivity index (χ1) is 14.6. The Morgan fingerprint density at radius 3 is 2.60 bits per heavy atom. The third-order valence-corrected chi connectivity index (χ3v) is 5.96. The van der Waals surface area contributed by atoms with Crippen LogP contribution >= 0.6 is 0 Å². The number of nitrogens with zero attached hydrogens (tertiary/aromatic N) is 6. The first-order valence-electron chi connectivity index (χ1n) is 10.4. The van der Waals surface area contributed by atoms with Gasteiger partial charge in [0.05, 0.1) is 18.8 Å². The van der Waals surface area contributed by atoms with Crippen molar-refractivity contribution in [2.45, 2.75) is 39.5 Å². The van der Waals surface area contributed by atoms with E-state index in [1.807, 2.05) is 34.7 Å². The fourth-order valence-electron chi connectivity index (χ4n) is 4.30. The summed E-state index contributed by atoms with van der Waals surface area (Å²) in [6, 6.07) is 11.8. The van der Waals surface area contributed by atoms with E-state index in [0.29, 0.717) is 50.7 Å². The van der Waals surface area contributed by atoms with Crippen LogP contribution in [0.1, 0.15) is 44.7 Å². The summed E-state index contributed by atoms with van der Waals surface area (Å²) in [5.41, 5.74) is 4.44. The molecule has 0 unspecified atom stereocenters. The van der Waals surface area contributed by atoms with Crippen LogP contribution in [0.15, 0.2) is 42.6 Å². The summed E-state index contributed by atoms with van der Waals surface area (Å²) in [5, 5.41) is 8.73. The lowest BCUT2D eigenvalue weighted by Crippen LogP contribution is -2.39. The Morgan fingerprint density at radius 2 is 1.77 bits per heavy atom. The Labute approximate surface area is 174 Å². The maximum Gasteiger partial charge on any atom is 0.274 e. The summed E-state index contributed by atoms with van der Waals surface area (Å²) in [6.45, 7) is 5.51. The van der Waals surface area contributed by atoms with Crippen LogP contribution in [0.4, 0.5) is 0 Å². The van der Waals surface area contributed by atoms with Crippen LogP contribution in [0.25, 0.3) is 0 Å². The Balaban J connectivity index is 1.32. The zero-order valence-electron chi connectivity index (χ0n) is 17.0. The molecule has 0 atom stereocenters. The number of aryl methyl sites for hydroxylation is 1. The van der Waals surface area contributed by atoms with Crippen LogP contribution in [0.3, 0.4) is 0 Å². The second kappa shape index (κ2) is 7.44. The average Bonchev–Trinajstić information content (AvgIpc) is 3.44. The molecule has 154 valence electrons. The molecule has 1 aromatic carbocycles. The topological polar surface area (TPSA) is 76.3 Å². The van der Waals surface area contributed by atoms with E-state index in [1.54, 1.807) is 21.8 Å². The molecule has 0 radical (unpaired) electrons. The van der Waals surface area contributed by atoms with Crippen molar-refractivity contribution in [1.29, 1.82) is 0 Å². The van der Waals surface area contributed by atoms with Gasteiger partial charge >= 0.3 is 0 Å². The first kappa shape index (κ1) is 18.6. The highest BCUT2D eigenvalue weighted by Crippen LogP contribution is 2.22. The SMILES string of the molecule is CCn1nccc1C(=O)N1CCn2nc(C(=O)N3CCc4ccccc4C3)cc2C1. The van der Waals surface area contributed by atoms with E-state index in [9.17, 15) is 9.59 Å². The minimum absolute atomic E-state index is 0.0395. The van der Waals surface area contributed by atoms with Crippen LogP contribution < -0.4 is 0 Å². The van der Waals surface area contributed by atoms with Gasteiger partial charge in [-0.25, -0.2) is 0 Å². The molecule has 5 rings (SSSR count). The molecular weight excluding hydrogens is 380 g/mol. The fourth-order valence-corrected chi connectivity index (χ4v) is 4.30. The number of aromatic nitrogens is 4. The van der Waals surface area contributed by atoms with Crippen LogP contribution in [0.2, 0.25) is 0 Å². The molecule has 2 aliphatic heterocycles. The molecular formula is C22H24N6O2. The van der Waals surface area contributed by atoms with Crippen LogP contribution in [0.5, 0.6) is 0 Å². The van der Waals surface area contributed by atoms with Gasteiger partial charge in [0, 0.05) is 32.4 Å². The van der Waals surface area contributed by atoms with Crippen LogP contribution in [-0.2, 0) is 32.6 Å². The lowest BCUT2D eigenvalue weighted by molar-refractivity contribution is 0.0688. The van der Waals surface area contributed by atoms with E-state index in [4.69, 9.17) is 0 Å². The highest BCUT2D eigenvalue weighted by molar-refractivity contribution is 5.93. The minimum atomic E-state index is -0.0478. The smallest absolute Gasteiger partial charge is 0.274 e. The molecule has 0 aliphatic carbocycles. The van der Waals surface area contributed by atoms with Crippen molar-refractivity contribution in [3.63, 3.8) is 0 Å². The van der Waals surface area contributed by atoms with Crippen LogP contribution in [0, 0.1) is 0 Å². The Bertz CT molecular complexity index is 1110. The number of carbonyl (C=O) groups excluding carboxylic acids is 2. The summed E-state index contributed by atoms with van der Waals surface area (Å²) in [6.07, 6.45) is 2.52. The summed E-state index contributed by atoms with van der Waals surface area (Å²) >= 11 is 0. The lowest BCUT2D eigenvalue weighted by atomic mass is 10.00. The molecule has 3 aromatic rings. The normalized spacial score (nSPS) is 15.6. The van der Waals surface area contributed by atoms with E-state index < -0.39 is 0 Å². The monoisotopic (exact) mass is 404 g/mol. The number of hydrogen-bond acceptors (Lipinski definition) is 4. The van der Waals surface area contributed by atoms with Crippen molar-refractivity contribution >= 4 is 11.8 Å². The molecule has 2 aromatic heterocycles. The Morgan fingerprint density at radius 1 is 0.967 bits per heavy atom. The third-order valence-electron chi connectivity index (χ3n) is 5.96. The highest BCUT2D eigenvalue weighted by atomic mass is 16.2. The van der Waals surface area contributed by atoms with Gasteiger partial charge in [-0.3, -0.25) is 19.0 Å². The van der Waals surface area contributed by atoms with Gasteiger partial charge in [-0.05, 0) is 36.6 Å². The van der Waals surface area contributed by atoms with Gasteiger partial charge < -0.3 is 9.80 Å². The van der Waals surface area contributed by atoms with E-state index in [0.717, 1.165) is 12.1 Å². The van der Waals surface area contributed by atoms with Gasteiger partial charge in [-0.2, -0.15) is 10.2 Å². The zero-order chi connectivity index (χ0) is 20.7. The van der Waals surface area contributed by atoms with Gasteiger partial charge in [-0.15, -0.1) is 0 Å². The first-order valence-corrected chi connectivity index (χ1v) is 10.4. The van der Waals surface area contributed by atoms with Crippen molar-refractivity contribution < 1.29 is 9.59 Å². The minimum Gasteiger partial charge on any atom is -0.333 e. The van der Waals surface area contributed by atoms with Crippen molar-refractivity contribution in [2.75, 3.05) is 13.1 Å². The third kappa shape index (κ3) is 3.18. The van der Waals surface area contributed by atoms with Crippen molar-refractivity contribution in [3.05, 3.63) is 70.8 Å². The highest BCUT2D eigenvalue weighted by Gasteiger charge is 2.28. The Kier molecular flexibility index (Phi) is 4.61. The predicted octanol–water partition coefficient (Wildman–Crippen LogP) is 1.95. The summed E-state index contributed by atoms with van der Waals surface area (Å²) in [4.78, 5) is 29.6. The van der Waals surface area contributed by atoms with Crippen molar-refractivity contribution in [3.8, 4) is 0 Å². The van der Waals surface area contributed by atoms with Gasteiger partial charge in [0.2, 0.25) is 0 Å². The second-order valence-electron chi connectivity index (χ2n) is 7.75.